The number of aromatic nitrogens is 1. The Kier molecular flexibility index (Phi) is 5.68. The van der Waals surface area contributed by atoms with Gasteiger partial charge >= 0.3 is 11.9 Å². The molecule has 0 aromatic carbocycles. The highest BCUT2D eigenvalue weighted by molar-refractivity contribution is 5.61. The van der Waals surface area contributed by atoms with Crippen molar-refractivity contribution in [2.75, 3.05) is 25.1 Å². The van der Waals surface area contributed by atoms with Crippen molar-refractivity contribution in [2.24, 2.45) is 0 Å². The van der Waals surface area contributed by atoms with Crippen LogP contribution in [0, 0.1) is 10.1 Å². The fourth-order valence-corrected chi connectivity index (χ4v) is 1.43. The fourth-order valence-electron chi connectivity index (χ4n) is 1.43. The van der Waals surface area contributed by atoms with E-state index in [1.54, 1.807) is 0 Å². The van der Waals surface area contributed by atoms with Crippen molar-refractivity contribution in [3.05, 3.63) is 28.1 Å². The molecule has 0 amide bonds. The fraction of sp³-hybridized carbons (Fsp3) is 0.545. The van der Waals surface area contributed by atoms with Crippen LogP contribution in [-0.2, 0) is 10.9 Å². The summed E-state index contributed by atoms with van der Waals surface area (Å²) in [5.74, 6) is 0. The average Bonchev–Trinajstić information content (AvgIpc) is 2.37. The van der Waals surface area contributed by atoms with Crippen LogP contribution in [0.5, 0.6) is 0 Å². The Bertz CT molecular complexity index is 466. The summed E-state index contributed by atoms with van der Waals surface area (Å²) in [5.41, 5.74) is -1.86. The summed E-state index contributed by atoms with van der Waals surface area (Å²) in [6.45, 7) is 3.04. The molecule has 0 radical (unpaired) electrons. The molecule has 112 valence electrons. The van der Waals surface area contributed by atoms with Crippen LogP contribution in [0.2, 0.25) is 0 Å². The van der Waals surface area contributed by atoms with E-state index in [0.717, 1.165) is 0 Å². The number of nitrogens with zero attached hydrogens (tertiary/aromatic N) is 2. The zero-order valence-electron chi connectivity index (χ0n) is 10.7. The topological polar surface area (TPSA) is 77.3 Å². The molecule has 9 heteroatoms. The quantitative estimate of drug-likeness (QED) is 0.475. The summed E-state index contributed by atoms with van der Waals surface area (Å²) in [5, 5.41) is 13.3. The summed E-state index contributed by atoms with van der Waals surface area (Å²) in [6.07, 6.45) is -3.51. The highest BCUT2D eigenvalue weighted by atomic mass is 19.4. The van der Waals surface area contributed by atoms with Gasteiger partial charge in [-0.1, -0.05) is 0 Å². The maximum absolute atomic E-state index is 12.5. The Morgan fingerprint density at radius 3 is 2.75 bits per heavy atom. The lowest BCUT2D eigenvalue weighted by molar-refractivity contribution is -0.384. The van der Waals surface area contributed by atoms with Crippen molar-refractivity contribution in [1.29, 1.82) is 0 Å². The molecule has 0 bridgehead atoms. The second kappa shape index (κ2) is 7.04. The summed E-state index contributed by atoms with van der Waals surface area (Å²) in [6, 6.07) is 0.638. The highest BCUT2D eigenvalue weighted by Gasteiger charge is 2.34. The average molecular weight is 293 g/mol. The molecule has 0 aliphatic carbocycles. The zero-order valence-corrected chi connectivity index (χ0v) is 10.7. The first-order chi connectivity index (χ1) is 9.36. The lowest BCUT2D eigenvalue weighted by atomic mass is 10.2. The molecule has 0 spiro atoms. The number of hydrogen-bond donors (Lipinski definition) is 1. The number of pyridine rings is 1. The van der Waals surface area contributed by atoms with Gasteiger partial charge in [-0.3, -0.25) is 10.1 Å². The number of alkyl halides is 3. The molecule has 1 aromatic rings. The molecule has 6 nitrogen and oxygen atoms in total. The lowest BCUT2D eigenvalue weighted by Crippen LogP contribution is -2.12. The summed E-state index contributed by atoms with van der Waals surface area (Å²) in [7, 11) is 0. The first kappa shape index (κ1) is 16.2. The van der Waals surface area contributed by atoms with E-state index in [4.69, 9.17) is 4.74 Å². The van der Waals surface area contributed by atoms with Crippen molar-refractivity contribution in [2.45, 2.75) is 19.5 Å². The van der Waals surface area contributed by atoms with E-state index < -0.39 is 22.5 Å². The van der Waals surface area contributed by atoms with Gasteiger partial charge in [0.15, 0.2) is 0 Å². The number of rotatable bonds is 7. The lowest BCUT2D eigenvalue weighted by Gasteiger charge is -2.10. The van der Waals surface area contributed by atoms with Gasteiger partial charge in [-0.05, 0) is 19.4 Å². The van der Waals surface area contributed by atoms with Crippen LogP contribution in [0.3, 0.4) is 0 Å². The van der Waals surface area contributed by atoms with E-state index in [9.17, 15) is 23.3 Å². The number of nitrogens with one attached hydrogen (secondary N) is 1. The van der Waals surface area contributed by atoms with Gasteiger partial charge in [0.2, 0.25) is 0 Å². The molecule has 0 aliphatic rings. The van der Waals surface area contributed by atoms with Crippen LogP contribution in [0.15, 0.2) is 12.3 Å². The largest absolute Gasteiger partial charge is 0.433 e. The van der Waals surface area contributed by atoms with E-state index >= 15 is 0 Å². The van der Waals surface area contributed by atoms with Crippen LogP contribution in [0.1, 0.15) is 19.0 Å². The number of nitro groups is 1. The van der Waals surface area contributed by atoms with Gasteiger partial charge < -0.3 is 10.1 Å². The maximum atomic E-state index is 12.5. The third kappa shape index (κ3) is 4.65. The molecule has 1 heterocycles. The Labute approximate surface area is 113 Å². The maximum Gasteiger partial charge on any atom is 0.433 e. The molecule has 1 aromatic heterocycles. The first-order valence-corrected chi connectivity index (χ1v) is 5.89. The third-order valence-electron chi connectivity index (χ3n) is 2.36. The minimum absolute atomic E-state index is 0.200. The Morgan fingerprint density at radius 2 is 2.20 bits per heavy atom. The Morgan fingerprint density at radius 1 is 1.50 bits per heavy atom. The van der Waals surface area contributed by atoms with Gasteiger partial charge in [-0.25, -0.2) is 4.98 Å². The Balaban J connectivity index is 2.81. The molecule has 0 aliphatic heterocycles. The first-order valence-electron chi connectivity index (χ1n) is 5.89. The zero-order chi connectivity index (χ0) is 15.2. The number of halogens is 3. The van der Waals surface area contributed by atoms with Crippen molar-refractivity contribution < 1.29 is 22.8 Å². The van der Waals surface area contributed by atoms with Gasteiger partial charge in [-0.2, -0.15) is 13.2 Å². The molecule has 1 rings (SSSR count). The standard InChI is InChI=1S/C11H14F3N3O3/c1-2-20-5-3-4-15-8-6-10(11(12,13)14)16-7-9(8)17(18)19/h6-7H,2-5H2,1H3,(H,15,16). The molecular weight excluding hydrogens is 279 g/mol. The van der Waals surface area contributed by atoms with Gasteiger partial charge in [0.05, 0.1) is 4.92 Å². The normalized spacial score (nSPS) is 11.4. The van der Waals surface area contributed by atoms with Gasteiger partial charge in [-0.15, -0.1) is 0 Å². The molecule has 20 heavy (non-hydrogen) atoms. The van der Waals surface area contributed by atoms with Crippen LogP contribution in [0.4, 0.5) is 24.5 Å². The van der Waals surface area contributed by atoms with Crippen LogP contribution in [-0.4, -0.2) is 29.7 Å². The smallest absolute Gasteiger partial charge is 0.382 e. The summed E-state index contributed by atoms with van der Waals surface area (Å²) in [4.78, 5) is 13.0. The van der Waals surface area contributed by atoms with E-state index in [1.165, 1.54) is 0 Å². The predicted molar refractivity (Wildman–Crippen MR) is 65.5 cm³/mol. The highest BCUT2D eigenvalue weighted by Crippen LogP contribution is 2.32. The number of ether oxygens (including phenoxy) is 1. The molecular formula is C11H14F3N3O3. The van der Waals surface area contributed by atoms with Crippen LogP contribution in [0.25, 0.3) is 0 Å². The molecule has 1 N–H and O–H groups in total. The summed E-state index contributed by atoms with van der Waals surface area (Å²) < 4.78 is 42.6. The third-order valence-corrected chi connectivity index (χ3v) is 2.36. The molecule has 0 atom stereocenters. The van der Waals surface area contributed by atoms with Crippen LogP contribution >= 0.6 is 0 Å². The molecule has 0 fully saturated rings. The summed E-state index contributed by atoms with van der Waals surface area (Å²) >= 11 is 0. The van der Waals surface area contributed by atoms with Crippen molar-refractivity contribution in [1.82, 2.24) is 4.98 Å². The van der Waals surface area contributed by atoms with E-state index in [2.05, 4.69) is 10.3 Å². The van der Waals surface area contributed by atoms with Crippen molar-refractivity contribution >= 4 is 11.4 Å². The second-order valence-corrected chi connectivity index (χ2v) is 3.82. The molecule has 0 saturated carbocycles. The number of hydrogen-bond acceptors (Lipinski definition) is 5. The molecule has 0 unspecified atom stereocenters. The van der Waals surface area contributed by atoms with Gasteiger partial charge in [0.25, 0.3) is 0 Å². The van der Waals surface area contributed by atoms with Gasteiger partial charge in [0.1, 0.15) is 17.6 Å². The van der Waals surface area contributed by atoms with E-state index in [0.29, 0.717) is 31.9 Å². The minimum atomic E-state index is -4.64. The predicted octanol–water partition coefficient (Wildman–Crippen LogP) is 2.85. The monoisotopic (exact) mass is 293 g/mol. The van der Waals surface area contributed by atoms with Crippen molar-refractivity contribution in [3.8, 4) is 0 Å². The second-order valence-electron chi connectivity index (χ2n) is 3.82. The van der Waals surface area contributed by atoms with Crippen LogP contribution < -0.4 is 5.32 Å². The van der Waals surface area contributed by atoms with Gasteiger partial charge in [0, 0.05) is 19.8 Å². The van der Waals surface area contributed by atoms with Crippen molar-refractivity contribution in [3.63, 3.8) is 0 Å². The SMILES string of the molecule is CCOCCCNc1cc(C(F)(F)F)ncc1[N+](=O)[O-]. The Hall–Kier alpha value is -1.90. The molecule has 0 saturated heterocycles. The van der Waals surface area contributed by atoms with E-state index in [1.807, 2.05) is 6.92 Å². The number of anilines is 1. The van der Waals surface area contributed by atoms with E-state index in [-0.39, 0.29) is 12.2 Å². The minimum Gasteiger partial charge on any atom is -0.382 e.